The summed E-state index contributed by atoms with van der Waals surface area (Å²) >= 11 is 7.22. The Labute approximate surface area is 135 Å². The average Bonchev–Trinajstić information content (AvgIpc) is 2.88. The van der Waals surface area contributed by atoms with Crippen LogP contribution in [0.4, 0.5) is 0 Å². The maximum atomic E-state index is 12.0. The van der Waals surface area contributed by atoms with Crippen LogP contribution in [0, 0.1) is 0 Å². The lowest BCUT2D eigenvalue weighted by Gasteiger charge is -2.06. The van der Waals surface area contributed by atoms with Gasteiger partial charge >= 0.3 is 5.69 Å². The molecule has 0 unspecified atom stereocenters. The van der Waals surface area contributed by atoms with Gasteiger partial charge in [-0.1, -0.05) is 29.8 Å². The number of nitrogens with zero attached hydrogens (tertiary/aromatic N) is 3. The van der Waals surface area contributed by atoms with E-state index >= 15 is 0 Å². The molecule has 0 aliphatic heterocycles. The molecule has 112 valence electrons. The quantitative estimate of drug-likeness (QED) is 0.714. The van der Waals surface area contributed by atoms with Crippen molar-refractivity contribution in [1.82, 2.24) is 19.7 Å². The summed E-state index contributed by atoms with van der Waals surface area (Å²) in [7, 11) is 0. The molecule has 3 N–H and O–H groups in total. The number of nitrogens with two attached hydrogens (primary N) is 1. The Hall–Kier alpha value is -2.09. The summed E-state index contributed by atoms with van der Waals surface area (Å²) in [5.41, 5.74) is 6.92. The van der Waals surface area contributed by atoms with Crippen LogP contribution in [0.2, 0.25) is 5.15 Å². The van der Waals surface area contributed by atoms with Crippen LogP contribution >= 0.6 is 23.4 Å². The number of pyridine rings is 1. The normalized spacial score (nSPS) is 10.8. The number of benzene rings is 1. The van der Waals surface area contributed by atoms with E-state index in [1.807, 2.05) is 36.4 Å². The lowest BCUT2D eigenvalue weighted by atomic mass is 10.3. The Kier molecular flexibility index (Phi) is 4.28. The van der Waals surface area contributed by atoms with Crippen LogP contribution in [0.3, 0.4) is 0 Å². The molecule has 2 aromatic heterocycles. The highest BCUT2D eigenvalue weighted by Crippen LogP contribution is 2.27. The first kappa shape index (κ1) is 14.8. The fourth-order valence-corrected chi connectivity index (χ4v) is 3.14. The number of hydrogen-bond acceptors (Lipinski definition) is 5. The first-order valence-corrected chi connectivity index (χ1v) is 7.64. The molecule has 0 fully saturated rings. The van der Waals surface area contributed by atoms with Gasteiger partial charge in [-0.2, -0.15) is 0 Å². The molecule has 6 nitrogen and oxygen atoms in total. The number of aromatic amines is 1. The van der Waals surface area contributed by atoms with Gasteiger partial charge in [0.15, 0.2) is 0 Å². The molecule has 0 amide bonds. The summed E-state index contributed by atoms with van der Waals surface area (Å²) < 4.78 is 1.48. The van der Waals surface area contributed by atoms with E-state index in [4.69, 9.17) is 17.3 Å². The Morgan fingerprint density at radius 1 is 1.27 bits per heavy atom. The fourth-order valence-electron chi connectivity index (χ4n) is 1.94. The van der Waals surface area contributed by atoms with Crippen LogP contribution in [0.5, 0.6) is 0 Å². The summed E-state index contributed by atoms with van der Waals surface area (Å²) in [6.07, 6.45) is 0. The molecule has 0 saturated carbocycles. The van der Waals surface area contributed by atoms with Crippen LogP contribution in [0.1, 0.15) is 5.56 Å². The van der Waals surface area contributed by atoms with E-state index in [-0.39, 0.29) is 5.69 Å². The van der Waals surface area contributed by atoms with Crippen LogP contribution in [0.15, 0.2) is 57.4 Å². The third-order valence-electron chi connectivity index (χ3n) is 2.92. The summed E-state index contributed by atoms with van der Waals surface area (Å²) in [4.78, 5) is 16.2. The molecular formula is C14H12ClN5OS. The monoisotopic (exact) mass is 333 g/mol. The summed E-state index contributed by atoms with van der Waals surface area (Å²) in [6, 6.07) is 12.8. The van der Waals surface area contributed by atoms with Gasteiger partial charge in [0, 0.05) is 6.54 Å². The summed E-state index contributed by atoms with van der Waals surface area (Å²) in [5, 5.41) is 7.96. The molecule has 2 heterocycles. The van der Waals surface area contributed by atoms with Crippen molar-refractivity contribution in [1.29, 1.82) is 0 Å². The lowest BCUT2D eigenvalue weighted by Crippen LogP contribution is -2.15. The summed E-state index contributed by atoms with van der Waals surface area (Å²) in [6.45, 7) is 0.363. The predicted molar refractivity (Wildman–Crippen MR) is 85.4 cm³/mol. The SMILES string of the molecule is NCc1cc(Cl)nc(Sc2n[nH]c(=O)n2-c2ccccc2)c1. The Bertz CT molecular complexity index is 846. The maximum absolute atomic E-state index is 12.0. The molecule has 3 aromatic rings. The van der Waals surface area contributed by atoms with Gasteiger partial charge in [-0.05, 0) is 41.6 Å². The first-order chi connectivity index (χ1) is 10.7. The minimum atomic E-state index is -0.310. The van der Waals surface area contributed by atoms with Gasteiger partial charge in [0.1, 0.15) is 10.2 Å². The number of rotatable bonds is 4. The van der Waals surface area contributed by atoms with E-state index in [2.05, 4.69) is 15.2 Å². The van der Waals surface area contributed by atoms with Crippen molar-refractivity contribution in [3.63, 3.8) is 0 Å². The molecule has 0 aliphatic carbocycles. The highest BCUT2D eigenvalue weighted by Gasteiger charge is 2.13. The van der Waals surface area contributed by atoms with Crippen molar-refractivity contribution >= 4 is 23.4 Å². The van der Waals surface area contributed by atoms with E-state index in [9.17, 15) is 4.79 Å². The van der Waals surface area contributed by atoms with E-state index in [1.165, 1.54) is 16.3 Å². The van der Waals surface area contributed by atoms with Crippen molar-refractivity contribution in [3.8, 4) is 5.69 Å². The van der Waals surface area contributed by atoms with Crippen LogP contribution in [-0.4, -0.2) is 19.7 Å². The van der Waals surface area contributed by atoms with E-state index < -0.39 is 0 Å². The second-order valence-electron chi connectivity index (χ2n) is 4.42. The standard InChI is InChI=1S/C14H12ClN5OS/c15-11-6-9(8-16)7-12(17-11)22-14-19-18-13(21)20(14)10-4-2-1-3-5-10/h1-7H,8,16H2,(H,18,21). The molecule has 0 spiro atoms. The molecular weight excluding hydrogens is 322 g/mol. The van der Waals surface area contributed by atoms with Gasteiger partial charge < -0.3 is 5.73 Å². The van der Waals surface area contributed by atoms with Crippen molar-refractivity contribution in [3.05, 3.63) is 63.7 Å². The van der Waals surface area contributed by atoms with E-state index in [0.29, 0.717) is 21.9 Å². The van der Waals surface area contributed by atoms with Gasteiger partial charge in [-0.25, -0.2) is 19.4 Å². The molecule has 22 heavy (non-hydrogen) atoms. The number of para-hydroxylation sites is 1. The first-order valence-electron chi connectivity index (χ1n) is 6.44. The smallest absolute Gasteiger partial charge is 0.326 e. The number of H-pyrrole nitrogens is 1. The molecule has 0 aliphatic rings. The van der Waals surface area contributed by atoms with Crippen LogP contribution < -0.4 is 11.4 Å². The third kappa shape index (κ3) is 3.06. The third-order valence-corrected chi connectivity index (χ3v) is 3.99. The minimum absolute atomic E-state index is 0.310. The van der Waals surface area contributed by atoms with Crippen molar-refractivity contribution in [2.45, 2.75) is 16.7 Å². The Morgan fingerprint density at radius 2 is 2.05 bits per heavy atom. The van der Waals surface area contributed by atoms with Gasteiger partial charge in [0.25, 0.3) is 0 Å². The largest absolute Gasteiger partial charge is 0.348 e. The van der Waals surface area contributed by atoms with Gasteiger partial charge in [-0.15, -0.1) is 5.10 Å². The van der Waals surface area contributed by atoms with Crippen LogP contribution in [-0.2, 0) is 6.54 Å². The Balaban J connectivity index is 2.01. The highest BCUT2D eigenvalue weighted by atomic mass is 35.5. The number of aromatic nitrogens is 4. The lowest BCUT2D eigenvalue weighted by molar-refractivity contribution is 0.866. The molecule has 1 aromatic carbocycles. The number of halogens is 1. The molecule has 8 heteroatoms. The predicted octanol–water partition coefficient (Wildman–Crippen LogP) is 2.22. The van der Waals surface area contributed by atoms with E-state index in [1.54, 1.807) is 6.07 Å². The molecule has 0 saturated heterocycles. The van der Waals surface area contributed by atoms with Crippen LogP contribution in [0.25, 0.3) is 5.69 Å². The number of nitrogens with one attached hydrogen (secondary N) is 1. The maximum Gasteiger partial charge on any atom is 0.348 e. The zero-order valence-electron chi connectivity index (χ0n) is 11.4. The second kappa shape index (κ2) is 6.35. The Morgan fingerprint density at radius 3 is 2.77 bits per heavy atom. The second-order valence-corrected chi connectivity index (χ2v) is 5.80. The highest BCUT2D eigenvalue weighted by molar-refractivity contribution is 7.99. The topological polar surface area (TPSA) is 89.6 Å². The van der Waals surface area contributed by atoms with Crippen molar-refractivity contribution in [2.75, 3.05) is 0 Å². The molecule has 0 atom stereocenters. The fraction of sp³-hybridized carbons (Fsp3) is 0.0714. The van der Waals surface area contributed by atoms with Gasteiger partial charge in [-0.3, -0.25) is 0 Å². The minimum Gasteiger partial charge on any atom is -0.326 e. The molecule has 3 rings (SSSR count). The van der Waals surface area contributed by atoms with Crippen molar-refractivity contribution in [2.24, 2.45) is 5.73 Å². The zero-order chi connectivity index (χ0) is 15.5. The van der Waals surface area contributed by atoms with Crippen molar-refractivity contribution < 1.29 is 0 Å². The number of hydrogen-bond donors (Lipinski definition) is 2. The average molecular weight is 334 g/mol. The molecule has 0 radical (unpaired) electrons. The van der Waals surface area contributed by atoms with Gasteiger partial charge in [0.05, 0.1) is 5.69 Å². The zero-order valence-corrected chi connectivity index (χ0v) is 12.9. The van der Waals surface area contributed by atoms with E-state index in [0.717, 1.165) is 11.3 Å². The summed E-state index contributed by atoms with van der Waals surface area (Å²) in [5.74, 6) is 0. The molecule has 0 bridgehead atoms. The van der Waals surface area contributed by atoms with Gasteiger partial charge in [0.2, 0.25) is 5.16 Å².